The Morgan fingerprint density at radius 3 is 2.20 bits per heavy atom. The number of carbonyl (C=O) groups excluding carboxylic acids is 1. The molecule has 0 spiro atoms. The van der Waals surface area contributed by atoms with Crippen LogP contribution in [0.15, 0.2) is 35.6 Å². The average Bonchev–Trinajstić information content (AvgIpc) is 3.28. The standard InChI is InChI=1S/C8H15NO2.C7H10S.C5H11N/c1-9-7-3-2-6(4-7)8(11)5-10;1-5-7(4)8-6(2)3;1-6-4-5-2-3-5/h5-9,11H,2-4H2,1H3;5H,1-2,4H2,3H3;5-6H,2-4H2,1H3. The second-order valence-electron chi connectivity index (χ2n) is 6.66. The third kappa shape index (κ3) is 13.0. The van der Waals surface area contributed by atoms with Gasteiger partial charge in [-0.3, -0.25) is 0 Å². The van der Waals surface area contributed by atoms with Gasteiger partial charge >= 0.3 is 0 Å². The van der Waals surface area contributed by atoms with E-state index in [1.165, 1.54) is 19.4 Å². The van der Waals surface area contributed by atoms with Crippen molar-refractivity contribution in [2.75, 3.05) is 20.6 Å². The maximum atomic E-state index is 10.2. The third-order valence-corrected chi connectivity index (χ3v) is 5.00. The van der Waals surface area contributed by atoms with Gasteiger partial charge in [-0.05, 0) is 76.4 Å². The van der Waals surface area contributed by atoms with Crippen LogP contribution in [0.3, 0.4) is 0 Å². The van der Waals surface area contributed by atoms with Gasteiger partial charge in [0.2, 0.25) is 0 Å². The number of aldehydes is 1. The monoisotopic (exact) mass is 368 g/mol. The van der Waals surface area contributed by atoms with Crippen molar-refractivity contribution in [2.45, 2.75) is 51.2 Å². The van der Waals surface area contributed by atoms with Crippen LogP contribution in [0.5, 0.6) is 0 Å². The summed E-state index contributed by atoms with van der Waals surface area (Å²) in [7, 11) is 3.93. The zero-order valence-corrected chi connectivity index (χ0v) is 16.9. The molecule has 0 aliphatic heterocycles. The van der Waals surface area contributed by atoms with Gasteiger partial charge in [-0.2, -0.15) is 0 Å². The zero-order valence-electron chi connectivity index (χ0n) is 16.1. The lowest BCUT2D eigenvalue weighted by Gasteiger charge is -2.11. The average molecular weight is 369 g/mol. The van der Waals surface area contributed by atoms with E-state index in [4.69, 9.17) is 0 Å². The Bertz CT molecular complexity index is 422. The van der Waals surface area contributed by atoms with E-state index in [1.807, 2.05) is 21.0 Å². The minimum atomic E-state index is -0.742. The van der Waals surface area contributed by atoms with Gasteiger partial charge in [-0.25, -0.2) is 0 Å². The molecule has 0 heterocycles. The van der Waals surface area contributed by atoms with Crippen LogP contribution in [0, 0.1) is 11.8 Å². The minimum Gasteiger partial charge on any atom is -0.385 e. The molecular weight excluding hydrogens is 332 g/mol. The first kappa shape index (κ1) is 24.1. The minimum absolute atomic E-state index is 0.185. The highest BCUT2D eigenvalue weighted by Crippen LogP contribution is 2.27. The summed E-state index contributed by atoms with van der Waals surface area (Å²) in [5.41, 5.74) is 0. The quantitative estimate of drug-likeness (QED) is 0.452. The van der Waals surface area contributed by atoms with Crippen LogP contribution in [0.4, 0.5) is 0 Å². The predicted octanol–water partition coefficient (Wildman–Crippen LogP) is 3.50. The fraction of sp³-hybridized carbons (Fsp3) is 0.650. The van der Waals surface area contributed by atoms with Crippen molar-refractivity contribution in [3.63, 3.8) is 0 Å². The Morgan fingerprint density at radius 2 is 1.92 bits per heavy atom. The molecule has 144 valence electrons. The number of rotatable bonds is 8. The van der Waals surface area contributed by atoms with Gasteiger partial charge in [0.15, 0.2) is 0 Å². The highest BCUT2D eigenvalue weighted by atomic mass is 32.2. The van der Waals surface area contributed by atoms with Crippen molar-refractivity contribution < 1.29 is 9.90 Å². The number of aliphatic hydroxyl groups excluding tert-OH is 1. The Morgan fingerprint density at radius 1 is 1.28 bits per heavy atom. The summed E-state index contributed by atoms with van der Waals surface area (Å²) in [6, 6.07) is 0.495. The van der Waals surface area contributed by atoms with Crippen LogP contribution in [-0.2, 0) is 4.79 Å². The normalized spacial score (nSPS) is 22.6. The molecule has 0 aromatic heterocycles. The first-order valence-electron chi connectivity index (χ1n) is 8.97. The third-order valence-electron chi connectivity index (χ3n) is 4.23. The summed E-state index contributed by atoms with van der Waals surface area (Å²) in [6.45, 7) is 14.1. The van der Waals surface area contributed by atoms with Crippen molar-refractivity contribution in [3.8, 4) is 0 Å². The lowest BCUT2D eigenvalue weighted by molar-refractivity contribution is -0.117. The second kappa shape index (κ2) is 14.3. The van der Waals surface area contributed by atoms with Crippen molar-refractivity contribution >= 4 is 18.0 Å². The van der Waals surface area contributed by atoms with Crippen molar-refractivity contribution in [2.24, 2.45) is 11.8 Å². The Balaban J connectivity index is 0.000000363. The van der Waals surface area contributed by atoms with E-state index >= 15 is 0 Å². The lowest BCUT2D eigenvalue weighted by Crippen LogP contribution is -2.24. The van der Waals surface area contributed by atoms with E-state index in [9.17, 15) is 9.90 Å². The molecule has 3 atom stereocenters. The summed E-state index contributed by atoms with van der Waals surface area (Å²) in [6.07, 6.45) is 7.51. The van der Waals surface area contributed by atoms with Crippen LogP contribution in [0.2, 0.25) is 0 Å². The van der Waals surface area contributed by atoms with Gasteiger partial charge in [-0.1, -0.05) is 37.6 Å². The molecule has 2 aliphatic carbocycles. The van der Waals surface area contributed by atoms with Crippen LogP contribution in [0.1, 0.15) is 39.0 Å². The van der Waals surface area contributed by atoms with E-state index in [2.05, 4.69) is 30.4 Å². The number of hydrogen-bond donors (Lipinski definition) is 3. The molecule has 0 amide bonds. The van der Waals surface area contributed by atoms with Crippen LogP contribution in [0.25, 0.3) is 0 Å². The molecule has 25 heavy (non-hydrogen) atoms. The van der Waals surface area contributed by atoms with E-state index in [1.54, 1.807) is 17.8 Å². The second-order valence-corrected chi connectivity index (χ2v) is 8.09. The number of thioether (sulfide) groups is 1. The molecule has 2 rings (SSSR count). The predicted molar refractivity (Wildman–Crippen MR) is 111 cm³/mol. The van der Waals surface area contributed by atoms with Crippen LogP contribution < -0.4 is 10.6 Å². The van der Waals surface area contributed by atoms with Crippen molar-refractivity contribution in [1.29, 1.82) is 0 Å². The SMILES string of the molecule is C=CC(=C)SC(=C)C.CNC1CCC(C(O)C=O)C1.CNCC1CC1. The molecule has 5 heteroatoms. The molecule has 0 aromatic carbocycles. The van der Waals surface area contributed by atoms with E-state index < -0.39 is 6.10 Å². The first-order chi connectivity index (χ1) is 11.9. The largest absolute Gasteiger partial charge is 0.385 e. The molecule has 0 radical (unpaired) electrons. The molecular formula is C20H36N2O2S. The smallest absolute Gasteiger partial charge is 0.148 e. The number of aliphatic hydroxyl groups is 1. The molecule has 3 unspecified atom stereocenters. The number of carbonyl (C=O) groups is 1. The number of allylic oxidation sites excluding steroid dienone is 2. The fourth-order valence-corrected chi connectivity index (χ4v) is 3.11. The molecule has 0 bridgehead atoms. The maximum Gasteiger partial charge on any atom is 0.148 e. The van der Waals surface area contributed by atoms with E-state index in [0.717, 1.165) is 35.0 Å². The molecule has 0 aromatic rings. The van der Waals surface area contributed by atoms with Gasteiger partial charge in [0.25, 0.3) is 0 Å². The van der Waals surface area contributed by atoms with Gasteiger partial charge in [0.1, 0.15) is 12.4 Å². The summed E-state index contributed by atoms with van der Waals surface area (Å²) in [4.78, 5) is 12.2. The summed E-state index contributed by atoms with van der Waals surface area (Å²) in [5.74, 6) is 1.22. The topological polar surface area (TPSA) is 61.4 Å². The Hall–Kier alpha value is -0.880. The van der Waals surface area contributed by atoms with Gasteiger partial charge in [0, 0.05) is 10.9 Å². The lowest BCUT2D eigenvalue weighted by atomic mass is 10.0. The van der Waals surface area contributed by atoms with Gasteiger partial charge in [0.05, 0.1) is 0 Å². The fourth-order valence-electron chi connectivity index (χ4n) is 2.58. The number of hydrogen-bond acceptors (Lipinski definition) is 5. The highest BCUT2D eigenvalue weighted by Gasteiger charge is 2.28. The number of nitrogens with one attached hydrogen (secondary N) is 2. The Labute approximate surface area is 158 Å². The zero-order chi connectivity index (χ0) is 19.2. The van der Waals surface area contributed by atoms with E-state index in [0.29, 0.717) is 12.3 Å². The summed E-state index contributed by atoms with van der Waals surface area (Å²) in [5, 5.41) is 15.5. The first-order valence-corrected chi connectivity index (χ1v) is 9.79. The van der Waals surface area contributed by atoms with E-state index in [-0.39, 0.29) is 5.92 Å². The molecule has 2 fully saturated rings. The van der Waals surface area contributed by atoms with Crippen LogP contribution in [-0.4, -0.2) is 44.2 Å². The highest BCUT2D eigenvalue weighted by molar-refractivity contribution is 8.06. The Kier molecular flexibility index (Phi) is 13.8. The molecule has 0 saturated heterocycles. The molecule has 2 saturated carbocycles. The van der Waals surface area contributed by atoms with Crippen molar-refractivity contribution in [3.05, 3.63) is 35.6 Å². The molecule has 2 aliphatic rings. The summed E-state index contributed by atoms with van der Waals surface area (Å²) >= 11 is 1.55. The molecule has 3 N–H and O–H groups in total. The van der Waals surface area contributed by atoms with Gasteiger partial charge < -0.3 is 20.5 Å². The van der Waals surface area contributed by atoms with Crippen molar-refractivity contribution in [1.82, 2.24) is 10.6 Å². The molecule has 4 nitrogen and oxygen atoms in total. The summed E-state index contributed by atoms with van der Waals surface area (Å²) < 4.78 is 0. The maximum absolute atomic E-state index is 10.2. The van der Waals surface area contributed by atoms with Crippen LogP contribution >= 0.6 is 11.8 Å². The van der Waals surface area contributed by atoms with Gasteiger partial charge in [-0.15, -0.1) is 0 Å².